The van der Waals surface area contributed by atoms with Gasteiger partial charge in [-0.1, -0.05) is 151 Å². The molecule has 0 aliphatic rings. The highest BCUT2D eigenvalue weighted by Crippen LogP contribution is 2.58. The van der Waals surface area contributed by atoms with E-state index in [0.717, 1.165) is 11.1 Å². The van der Waals surface area contributed by atoms with Crippen LogP contribution >= 0.6 is 0 Å². The van der Waals surface area contributed by atoms with E-state index in [1.54, 1.807) is 0 Å². The maximum absolute atomic E-state index is 12.4. The zero-order valence-corrected chi connectivity index (χ0v) is 47.4. The first kappa shape index (κ1) is 64.8. The van der Waals surface area contributed by atoms with Crippen LogP contribution in [0.25, 0.3) is 0 Å². The summed E-state index contributed by atoms with van der Waals surface area (Å²) >= 11 is 0. The Bertz CT molecular complexity index is 1380. The summed E-state index contributed by atoms with van der Waals surface area (Å²) in [5, 5.41) is 0. The summed E-state index contributed by atoms with van der Waals surface area (Å²) in [6, 6.07) is 0. The van der Waals surface area contributed by atoms with Crippen LogP contribution in [0, 0.1) is 54.1 Å². The molecule has 0 amide bonds. The van der Waals surface area contributed by atoms with Gasteiger partial charge in [0.05, 0.1) is 10.8 Å². The van der Waals surface area contributed by atoms with E-state index in [-0.39, 0.29) is 39.6 Å². The number of carbonyl (C=O) groups excluding carboxylic acids is 3. The van der Waals surface area contributed by atoms with Gasteiger partial charge in [-0.15, -0.1) is 0 Å². The molecule has 360 valence electrons. The van der Waals surface area contributed by atoms with Gasteiger partial charge in [-0.2, -0.15) is 0 Å². The van der Waals surface area contributed by atoms with E-state index in [0.29, 0.717) is 21.7 Å². The van der Waals surface area contributed by atoms with Crippen molar-refractivity contribution in [3.05, 3.63) is 11.1 Å². The molecule has 0 radical (unpaired) electrons. The third-order valence-electron chi connectivity index (χ3n) is 14.8. The summed E-state index contributed by atoms with van der Waals surface area (Å²) in [6.07, 6.45) is 0. The molecule has 0 heterocycles. The highest BCUT2D eigenvalue weighted by atomic mass is 16.6. The predicted octanol–water partition coefficient (Wildman–Crippen LogP) is 16.7. The van der Waals surface area contributed by atoms with E-state index < -0.39 is 27.6 Å². The van der Waals surface area contributed by atoms with Crippen LogP contribution in [0.15, 0.2) is 11.1 Å². The molecule has 0 bridgehead atoms. The van der Waals surface area contributed by atoms with E-state index in [9.17, 15) is 14.4 Å². The van der Waals surface area contributed by atoms with Gasteiger partial charge in [-0.25, -0.2) is 4.79 Å². The Kier molecular flexibility index (Phi) is 21.9. The minimum atomic E-state index is -0.515. The Balaban J connectivity index is -0.000000350. The van der Waals surface area contributed by atoms with Crippen LogP contribution in [-0.4, -0.2) is 34.7 Å². The third kappa shape index (κ3) is 19.7. The number of carbonyl (C=O) groups is 3. The zero-order valence-electron chi connectivity index (χ0n) is 47.4. The van der Waals surface area contributed by atoms with E-state index in [2.05, 4.69) is 145 Å². The first-order valence-electron chi connectivity index (χ1n) is 22.6. The first-order chi connectivity index (χ1) is 25.2. The fourth-order valence-electron chi connectivity index (χ4n) is 5.26. The monoisotopic (exact) mass is 853 g/mol. The zero-order chi connectivity index (χ0) is 50.5. The molecule has 0 aromatic carbocycles. The van der Waals surface area contributed by atoms with E-state index >= 15 is 0 Å². The van der Waals surface area contributed by atoms with Gasteiger partial charge in [0.1, 0.15) is 16.8 Å². The molecular weight excluding hydrogens is 745 g/mol. The molecule has 0 unspecified atom stereocenters. The van der Waals surface area contributed by atoms with E-state index in [1.807, 2.05) is 104 Å². The average molecular weight is 853 g/mol. The lowest BCUT2D eigenvalue weighted by Crippen LogP contribution is -2.49. The maximum Gasteiger partial charge on any atom is 0.334 e. The molecule has 60 heavy (non-hydrogen) atoms. The number of hydrogen-bond acceptors (Lipinski definition) is 6. The van der Waals surface area contributed by atoms with Gasteiger partial charge in [0, 0.05) is 5.57 Å². The van der Waals surface area contributed by atoms with E-state index in [4.69, 9.17) is 14.2 Å². The van der Waals surface area contributed by atoms with Crippen LogP contribution in [0.1, 0.15) is 249 Å². The number of hydrogen-bond donors (Lipinski definition) is 0. The van der Waals surface area contributed by atoms with Crippen molar-refractivity contribution >= 4 is 17.9 Å². The van der Waals surface area contributed by atoms with Gasteiger partial charge >= 0.3 is 17.9 Å². The van der Waals surface area contributed by atoms with Crippen molar-refractivity contribution in [2.75, 3.05) is 0 Å². The third-order valence-corrected chi connectivity index (χ3v) is 14.8. The van der Waals surface area contributed by atoms with E-state index in [1.165, 1.54) is 0 Å². The van der Waals surface area contributed by atoms with Crippen molar-refractivity contribution in [1.82, 2.24) is 0 Å². The normalized spacial score (nSPS) is 14.8. The summed E-state index contributed by atoms with van der Waals surface area (Å²) in [6.45, 7) is 75.6. The molecule has 0 aliphatic heterocycles. The van der Waals surface area contributed by atoms with Gasteiger partial charge in [0.15, 0.2) is 0 Å². The SMILES string of the molecule is C/C(C(=O)OC(C)(C)C)=C(/C)C(C)(C)C.CC(C)(C)C(C)(C)C(C)(C)C(C)(C)C.CC(C)(C)OC(=O)C(C)(C)C(C)(C)C.CC(C)(C)OC(=O)C(C)(C)C(C)(C)C(C)(C)C. The Labute approximate surface area is 376 Å². The fourth-order valence-corrected chi connectivity index (χ4v) is 5.26. The van der Waals surface area contributed by atoms with Crippen LogP contribution in [-0.2, 0) is 28.6 Å². The fraction of sp³-hybridized carbons (Fsp3) is 0.907. The summed E-state index contributed by atoms with van der Waals surface area (Å²) < 4.78 is 16.3. The summed E-state index contributed by atoms with van der Waals surface area (Å²) in [5.74, 6) is -0.461. The predicted molar refractivity (Wildman–Crippen MR) is 262 cm³/mol. The lowest BCUT2D eigenvalue weighted by molar-refractivity contribution is -0.178. The average Bonchev–Trinajstić information content (AvgIpc) is 2.91. The standard InChI is InChI=1S/C15H30O2.C14H30.C13H24O2.C12H24O2/c1-12(2,3)15(9,10)14(7,8)11(16)17-13(4,5)6;1-11(2,3)13(7,8)14(9,10)12(4,5)6;1-9(10(2)12(3,4)5)11(14)15-13(6,7)8;1-10(2,3)12(7,8)9(13)14-11(4,5)6/h1-10H3;1-10H3;1-8H3;1-8H3/b;;10-9+;. The Hall–Kier alpha value is -1.85. The van der Waals surface area contributed by atoms with Crippen molar-refractivity contribution in [3.8, 4) is 0 Å². The molecule has 0 rings (SSSR count). The van der Waals surface area contributed by atoms with Gasteiger partial charge < -0.3 is 14.2 Å². The van der Waals surface area contributed by atoms with Crippen LogP contribution in [0.4, 0.5) is 0 Å². The van der Waals surface area contributed by atoms with Crippen LogP contribution in [0.3, 0.4) is 0 Å². The molecule has 0 fully saturated rings. The highest BCUT2D eigenvalue weighted by Gasteiger charge is 2.52. The summed E-state index contributed by atoms with van der Waals surface area (Å²) in [4.78, 5) is 36.0. The number of ether oxygens (including phenoxy) is 3. The van der Waals surface area contributed by atoms with Gasteiger partial charge in [0.25, 0.3) is 0 Å². The van der Waals surface area contributed by atoms with Crippen molar-refractivity contribution < 1.29 is 28.6 Å². The Morgan fingerprint density at radius 3 is 0.717 bits per heavy atom. The highest BCUT2D eigenvalue weighted by molar-refractivity contribution is 5.89. The van der Waals surface area contributed by atoms with Crippen LogP contribution in [0.5, 0.6) is 0 Å². The number of esters is 3. The topological polar surface area (TPSA) is 78.9 Å². The largest absolute Gasteiger partial charge is 0.460 e. The molecule has 6 nitrogen and oxygen atoms in total. The van der Waals surface area contributed by atoms with Gasteiger partial charge in [-0.05, 0) is 147 Å². The molecule has 0 aromatic heterocycles. The molecule has 0 spiro atoms. The molecule has 0 aromatic rings. The molecule has 0 atom stereocenters. The molecule has 0 saturated carbocycles. The Morgan fingerprint density at radius 1 is 0.300 bits per heavy atom. The van der Waals surface area contributed by atoms with Crippen LogP contribution in [0.2, 0.25) is 0 Å². The lowest BCUT2D eigenvalue weighted by atomic mass is 9.48. The maximum atomic E-state index is 12.4. The van der Waals surface area contributed by atoms with Gasteiger partial charge in [0.2, 0.25) is 0 Å². The molecular formula is C54H108O6. The molecule has 6 heteroatoms. The quantitative estimate of drug-likeness (QED) is 0.156. The van der Waals surface area contributed by atoms with Crippen molar-refractivity contribution in [2.24, 2.45) is 54.1 Å². The van der Waals surface area contributed by atoms with Crippen molar-refractivity contribution in [3.63, 3.8) is 0 Å². The second-order valence-electron chi connectivity index (χ2n) is 28.1. The lowest BCUT2D eigenvalue weighted by Gasteiger charge is -2.57. The van der Waals surface area contributed by atoms with Gasteiger partial charge in [-0.3, -0.25) is 9.59 Å². The summed E-state index contributed by atoms with van der Waals surface area (Å²) in [7, 11) is 0. The smallest absolute Gasteiger partial charge is 0.334 e. The number of allylic oxidation sites excluding steroid dienone is 1. The minimum Gasteiger partial charge on any atom is -0.460 e. The minimum absolute atomic E-state index is 0.0149. The number of rotatable bonds is 5. The second kappa shape index (κ2) is 20.3. The van der Waals surface area contributed by atoms with Crippen molar-refractivity contribution in [1.29, 1.82) is 0 Å². The molecule has 0 saturated heterocycles. The first-order valence-corrected chi connectivity index (χ1v) is 22.6. The van der Waals surface area contributed by atoms with Crippen LogP contribution < -0.4 is 0 Å². The van der Waals surface area contributed by atoms with Crippen molar-refractivity contribution in [2.45, 2.75) is 266 Å². The molecule has 0 aliphatic carbocycles. The second-order valence-corrected chi connectivity index (χ2v) is 28.1. The summed E-state index contributed by atoms with van der Waals surface area (Å²) in [5.41, 5.74) is 0.696. The Morgan fingerprint density at radius 2 is 0.533 bits per heavy atom. The molecule has 0 N–H and O–H groups in total.